The molecule has 34 heavy (non-hydrogen) atoms. The van der Waals surface area contributed by atoms with Crippen LogP contribution in [0.3, 0.4) is 0 Å². The van der Waals surface area contributed by atoms with Gasteiger partial charge in [0.2, 0.25) is 0 Å². The van der Waals surface area contributed by atoms with Crippen molar-refractivity contribution >= 4 is 21.9 Å². The third-order valence-corrected chi connectivity index (χ3v) is 6.27. The normalized spacial score (nSPS) is 11.3. The first kappa shape index (κ1) is 21.6. The van der Waals surface area contributed by atoms with Crippen molar-refractivity contribution in [3.8, 4) is 17.2 Å². The molecule has 2 aromatic heterocycles. The van der Waals surface area contributed by atoms with Crippen molar-refractivity contribution in [2.75, 3.05) is 14.2 Å². The van der Waals surface area contributed by atoms with Crippen molar-refractivity contribution in [3.05, 3.63) is 98.7 Å². The maximum absolute atomic E-state index is 13.9. The summed E-state index contributed by atoms with van der Waals surface area (Å²) in [6, 6.07) is 20.6. The van der Waals surface area contributed by atoms with Crippen LogP contribution in [0.5, 0.6) is 11.5 Å². The van der Waals surface area contributed by atoms with Crippen LogP contribution in [0.4, 0.5) is 0 Å². The Bertz CT molecular complexity index is 1640. The maximum Gasteiger partial charge on any atom is 0.336 e. The molecule has 5 aromatic rings. The molecule has 0 saturated carbocycles. The Labute approximate surface area is 196 Å². The fraction of sp³-hybridized carbons (Fsp3) is 0.185. The summed E-state index contributed by atoms with van der Waals surface area (Å²) in [5.74, 6) is 1.40. The predicted octanol–water partition coefficient (Wildman–Crippen LogP) is 4.02. The van der Waals surface area contributed by atoms with E-state index >= 15 is 0 Å². The smallest absolute Gasteiger partial charge is 0.336 e. The minimum absolute atomic E-state index is 0.293. The molecule has 7 heteroatoms. The molecule has 0 bridgehead atoms. The molecular formula is C27H25N3O4. The summed E-state index contributed by atoms with van der Waals surface area (Å²) >= 11 is 0. The molecule has 0 amide bonds. The average molecular weight is 456 g/mol. The van der Waals surface area contributed by atoms with Gasteiger partial charge in [-0.2, -0.15) is 0 Å². The molecule has 2 heterocycles. The highest BCUT2D eigenvalue weighted by Crippen LogP contribution is 2.29. The minimum atomic E-state index is -0.396. The SMILES string of the molecule is COc1ccc(Cn2c(=O)n(-c3ccc(C)cc3)c(=O)c3c2c2cc(OC)ccc2n3C)cc1. The Hall–Kier alpha value is -4.26. The Morgan fingerprint density at radius 1 is 0.794 bits per heavy atom. The molecular weight excluding hydrogens is 430 g/mol. The lowest BCUT2D eigenvalue weighted by Crippen LogP contribution is -2.39. The van der Waals surface area contributed by atoms with Crippen molar-refractivity contribution in [1.82, 2.24) is 13.7 Å². The number of hydrogen-bond donors (Lipinski definition) is 0. The number of aryl methyl sites for hydroxylation is 2. The van der Waals surface area contributed by atoms with E-state index in [0.29, 0.717) is 29.0 Å². The lowest BCUT2D eigenvalue weighted by Gasteiger charge is -2.14. The Kier molecular flexibility index (Phi) is 5.24. The first-order chi connectivity index (χ1) is 16.4. The maximum atomic E-state index is 13.9. The van der Waals surface area contributed by atoms with E-state index in [4.69, 9.17) is 9.47 Å². The molecule has 0 N–H and O–H groups in total. The first-order valence-electron chi connectivity index (χ1n) is 10.9. The lowest BCUT2D eigenvalue weighted by molar-refractivity contribution is 0.414. The van der Waals surface area contributed by atoms with Gasteiger partial charge < -0.3 is 14.0 Å². The Morgan fingerprint density at radius 3 is 2.09 bits per heavy atom. The third kappa shape index (κ3) is 3.37. The molecule has 172 valence electrons. The fourth-order valence-corrected chi connectivity index (χ4v) is 4.44. The standard InChI is InChI=1S/C27H25N3O4/c1-17-5-9-19(10-6-17)30-26(31)25-24(22-15-21(34-4)13-14-23(22)28(25)2)29(27(30)32)16-18-7-11-20(33-3)12-8-18/h5-15H,16H2,1-4H3. The Morgan fingerprint density at radius 2 is 1.44 bits per heavy atom. The van der Waals surface area contributed by atoms with Gasteiger partial charge in [0.15, 0.2) is 0 Å². The molecule has 0 unspecified atom stereocenters. The first-order valence-corrected chi connectivity index (χ1v) is 10.9. The summed E-state index contributed by atoms with van der Waals surface area (Å²) in [6.45, 7) is 2.26. The van der Waals surface area contributed by atoms with E-state index in [1.54, 1.807) is 30.9 Å². The number of fused-ring (bicyclic) bond motifs is 3. The molecule has 0 radical (unpaired) electrons. The van der Waals surface area contributed by atoms with Crippen molar-refractivity contribution in [1.29, 1.82) is 0 Å². The van der Waals surface area contributed by atoms with Crippen LogP contribution in [-0.2, 0) is 13.6 Å². The second-order valence-electron chi connectivity index (χ2n) is 8.33. The molecule has 0 atom stereocenters. The van der Waals surface area contributed by atoms with E-state index in [1.807, 2.05) is 73.1 Å². The summed E-state index contributed by atoms with van der Waals surface area (Å²) in [4.78, 5) is 27.6. The predicted molar refractivity (Wildman–Crippen MR) is 134 cm³/mol. The van der Waals surface area contributed by atoms with Gasteiger partial charge in [0.1, 0.15) is 17.0 Å². The van der Waals surface area contributed by atoms with Crippen LogP contribution in [-0.4, -0.2) is 27.9 Å². The van der Waals surface area contributed by atoms with Crippen molar-refractivity contribution in [3.63, 3.8) is 0 Å². The van der Waals surface area contributed by atoms with Crippen molar-refractivity contribution < 1.29 is 9.47 Å². The van der Waals surface area contributed by atoms with E-state index in [0.717, 1.165) is 27.8 Å². The van der Waals surface area contributed by atoms with Crippen LogP contribution >= 0.6 is 0 Å². The largest absolute Gasteiger partial charge is 0.497 e. The summed E-state index contributed by atoms with van der Waals surface area (Å²) in [7, 11) is 5.06. The van der Waals surface area contributed by atoms with Gasteiger partial charge in [0.25, 0.3) is 5.56 Å². The summed E-state index contributed by atoms with van der Waals surface area (Å²) < 4.78 is 15.5. The van der Waals surface area contributed by atoms with Gasteiger partial charge in [0, 0.05) is 12.4 Å². The fourth-order valence-electron chi connectivity index (χ4n) is 4.44. The van der Waals surface area contributed by atoms with Crippen LogP contribution in [0.15, 0.2) is 76.3 Å². The molecule has 0 aliphatic carbocycles. The lowest BCUT2D eigenvalue weighted by atomic mass is 10.2. The highest BCUT2D eigenvalue weighted by atomic mass is 16.5. The van der Waals surface area contributed by atoms with Gasteiger partial charge in [-0.1, -0.05) is 29.8 Å². The zero-order valence-electron chi connectivity index (χ0n) is 19.5. The number of rotatable bonds is 5. The van der Waals surface area contributed by atoms with Gasteiger partial charge >= 0.3 is 5.69 Å². The van der Waals surface area contributed by atoms with E-state index < -0.39 is 5.69 Å². The highest BCUT2D eigenvalue weighted by Gasteiger charge is 2.21. The van der Waals surface area contributed by atoms with Crippen molar-refractivity contribution in [2.24, 2.45) is 7.05 Å². The number of methoxy groups -OCH3 is 2. The summed E-state index contributed by atoms with van der Waals surface area (Å²) in [5.41, 5.74) is 3.64. The zero-order valence-corrected chi connectivity index (χ0v) is 19.5. The van der Waals surface area contributed by atoms with E-state index in [2.05, 4.69) is 0 Å². The molecule has 3 aromatic carbocycles. The van der Waals surface area contributed by atoms with Crippen LogP contribution in [0, 0.1) is 6.92 Å². The van der Waals surface area contributed by atoms with Gasteiger partial charge in [-0.3, -0.25) is 9.36 Å². The molecule has 0 aliphatic heterocycles. The van der Waals surface area contributed by atoms with Crippen LogP contribution in [0.25, 0.3) is 27.6 Å². The Balaban J connectivity index is 1.89. The van der Waals surface area contributed by atoms with Gasteiger partial charge in [-0.05, 0) is 55.0 Å². The quantitative estimate of drug-likeness (QED) is 0.402. The molecule has 0 aliphatic rings. The van der Waals surface area contributed by atoms with Gasteiger partial charge in [-0.25, -0.2) is 9.36 Å². The van der Waals surface area contributed by atoms with Crippen molar-refractivity contribution in [2.45, 2.75) is 13.5 Å². The minimum Gasteiger partial charge on any atom is -0.497 e. The average Bonchev–Trinajstić information content (AvgIpc) is 3.15. The number of ether oxygens (including phenoxy) is 2. The van der Waals surface area contributed by atoms with Crippen LogP contribution < -0.4 is 20.7 Å². The number of nitrogens with zero attached hydrogens (tertiary/aromatic N) is 3. The van der Waals surface area contributed by atoms with E-state index in [1.165, 1.54) is 4.57 Å². The second-order valence-corrected chi connectivity index (χ2v) is 8.33. The summed E-state index contributed by atoms with van der Waals surface area (Å²) in [6.07, 6.45) is 0. The van der Waals surface area contributed by atoms with Gasteiger partial charge in [0.05, 0.1) is 37.5 Å². The second kappa shape index (κ2) is 8.26. The number of benzene rings is 3. The third-order valence-electron chi connectivity index (χ3n) is 6.27. The highest BCUT2D eigenvalue weighted by molar-refractivity contribution is 6.06. The van der Waals surface area contributed by atoms with E-state index in [-0.39, 0.29) is 5.56 Å². The summed E-state index contributed by atoms with van der Waals surface area (Å²) in [5, 5.41) is 0.788. The number of aromatic nitrogens is 3. The molecule has 5 rings (SSSR count). The molecule has 0 spiro atoms. The van der Waals surface area contributed by atoms with Crippen LogP contribution in [0.1, 0.15) is 11.1 Å². The topological polar surface area (TPSA) is 67.4 Å². The number of hydrogen-bond acceptors (Lipinski definition) is 4. The molecule has 7 nitrogen and oxygen atoms in total. The van der Waals surface area contributed by atoms with Crippen LogP contribution in [0.2, 0.25) is 0 Å². The monoisotopic (exact) mass is 455 g/mol. The molecule has 0 fully saturated rings. The molecule has 0 saturated heterocycles. The van der Waals surface area contributed by atoms with E-state index in [9.17, 15) is 9.59 Å². The zero-order chi connectivity index (χ0) is 24.0. The van der Waals surface area contributed by atoms with Gasteiger partial charge in [-0.15, -0.1) is 0 Å².